The van der Waals surface area contributed by atoms with Gasteiger partial charge < -0.3 is 5.32 Å². The number of nitrogens with zero attached hydrogens (tertiary/aromatic N) is 1. The van der Waals surface area contributed by atoms with Crippen LogP contribution in [0.3, 0.4) is 0 Å². The van der Waals surface area contributed by atoms with Gasteiger partial charge in [0.1, 0.15) is 17.6 Å². The van der Waals surface area contributed by atoms with E-state index in [-0.39, 0.29) is 5.69 Å². The lowest BCUT2D eigenvalue weighted by molar-refractivity contribution is 0.585. The highest BCUT2D eigenvalue weighted by atomic mass is 19.1. The Morgan fingerprint density at radius 1 is 1.11 bits per heavy atom. The predicted octanol–water partition coefficient (Wildman–Crippen LogP) is 4.20. The first-order valence-electron chi connectivity index (χ1n) is 5.75. The molecule has 0 atom stereocenters. The highest BCUT2D eigenvalue weighted by Crippen LogP contribution is 2.27. The smallest absolute Gasteiger partial charge is 0.152 e. The van der Waals surface area contributed by atoms with Gasteiger partial charge in [0.15, 0.2) is 5.82 Å². The summed E-state index contributed by atoms with van der Waals surface area (Å²) < 4.78 is 27.5. The van der Waals surface area contributed by atoms with Crippen molar-refractivity contribution in [1.29, 1.82) is 5.26 Å². The molecule has 0 aliphatic rings. The summed E-state index contributed by atoms with van der Waals surface area (Å²) in [7, 11) is 0. The van der Waals surface area contributed by atoms with E-state index in [2.05, 4.69) is 5.32 Å². The Morgan fingerprint density at radius 2 is 1.84 bits per heavy atom. The van der Waals surface area contributed by atoms with E-state index in [9.17, 15) is 8.78 Å². The summed E-state index contributed by atoms with van der Waals surface area (Å²) in [5.41, 5.74) is 1.75. The number of anilines is 2. The van der Waals surface area contributed by atoms with Gasteiger partial charge in [-0.05, 0) is 43.2 Å². The fourth-order valence-corrected chi connectivity index (χ4v) is 1.77. The largest absolute Gasteiger partial charge is 0.350 e. The first-order valence-corrected chi connectivity index (χ1v) is 5.75. The molecule has 96 valence electrons. The highest BCUT2D eigenvalue weighted by Gasteiger charge is 2.13. The number of halogens is 2. The van der Waals surface area contributed by atoms with E-state index < -0.39 is 11.6 Å². The van der Waals surface area contributed by atoms with Crippen LogP contribution in [0.1, 0.15) is 16.7 Å². The molecule has 2 rings (SSSR count). The van der Waals surface area contributed by atoms with Crippen LogP contribution in [0, 0.1) is 36.8 Å². The molecule has 0 amide bonds. The van der Waals surface area contributed by atoms with Gasteiger partial charge in [-0.1, -0.05) is 12.1 Å². The fraction of sp³-hybridized carbons (Fsp3) is 0.133. The number of benzene rings is 2. The first kappa shape index (κ1) is 13.0. The molecule has 4 heteroatoms. The lowest BCUT2D eigenvalue weighted by atomic mass is 10.1. The SMILES string of the molecule is Cc1ccc(Nc2c(F)ccc(C)c2F)c(C#N)c1. The third-order valence-electron chi connectivity index (χ3n) is 2.84. The van der Waals surface area contributed by atoms with E-state index in [4.69, 9.17) is 5.26 Å². The maximum atomic E-state index is 13.9. The summed E-state index contributed by atoms with van der Waals surface area (Å²) in [5.74, 6) is -1.34. The second kappa shape index (κ2) is 5.07. The second-order valence-corrected chi connectivity index (χ2v) is 4.34. The van der Waals surface area contributed by atoms with Gasteiger partial charge in [-0.15, -0.1) is 0 Å². The van der Waals surface area contributed by atoms with Crippen LogP contribution in [0.2, 0.25) is 0 Å². The maximum absolute atomic E-state index is 13.9. The quantitative estimate of drug-likeness (QED) is 0.876. The third-order valence-corrected chi connectivity index (χ3v) is 2.84. The third kappa shape index (κ3) is 2.55. The number of nitriles is 1. The Kier molecular flexibility index (Phi) is 3.48. The Hall–Kier alpha value is -2.41. The molecule has 0 aromatic heterocycles. The average Bonchev–Trinajstić information content (AvgIpc) is 2.40. The molecule has 0 saturated heterocycles. The maximum Gasteiger partial charge on any atom is 0.152 e. The molecule has 2 nitrogen and oxygen atoms in total. The molecule has 0 spiro atoms. The van der Waals surface area contributed by atoms with Gasteiger partial charge in [0.05, 0.1) is 11.3 Å². The van der Waals surface area contributed by atoms with Crippen molar-refractivity contribution in [2.75, 3.05) is 5.32 Å². The molecule has 0 bridgehead atoms. The summed E-state index contributed by atoms with van der Waals surface area (Å²) in [4.78, 5) is 0. The molecule has 2 aromatic rings. The van der Waals surface area contributed by atoms with Crippen molar-refractivity contribution in [2.24, 2.45) is 0 Å². The summed E-state index contributed by atoms with van der Waals surface area (Å²) >= 11 is 0. The number of aryl methyl sites for hydroxylation is 2. The van der Waals surface area contributed by atoms with Crippen LogP contribution in [0.15, 0.2) is 30.3 Å². The summed E-state index contributed by atoms with van der Waals surface area (Å²) in [6.07, 6.45) is 0. The molecule has 0 aliphatic heterocycles. The van der Waals surface area contributed by atoms with Crippen LogP contribution in [-0.2, 0) is 0 Å². The second-order valence-electron chi connectivity index (χ2n) is 4.34. The molecular weight excluding hydrogens is 246 g/mol. The van der Waals surface area contributed by atoms with E-state index in [0.29, 0.717) is 16.8 Å². The van der Waals surface area contributed by atoms with Crippen LogP contribution in [0.5, 0.6) is 0 Å². The van der Waals surface area contributed by atoms with E-state index >= 15 is 0 Å². The first-order chi connectivity index (χ1) is 9.02. The van der Waals surface area contributed by atoms with Gasteiger partial charge in [-0.3, -0.25) is 0 Å². The minimum absolute atomic E-state index is 0.236. The molecular formula is C15H12F2N2. The van der Waals surface area contributed by atoms with Gasteiger partial charge >= 0.3 is 0 Å². The van der Waals surface area contributed by atoms with Gasteiger partial charge in [0.25, 0.3) is 0 Å². The standard InChI is InChI=1S/C15H12F2N2/c1-9-3-6-13(11(7-9)8-18)19-15-12(16)5-4-10(2)14(15)17/h3-7,19H,1-2H3. The number of hydrogen-bond acceptors (Lipinski definition) is 2. The molecule has 0 unspecified atom stereocenters. The molecule has 0 saturated carbocycles. The molecule has 2 aromatic carbocycles. The van der Waals surface area contributed by atoms with Gasteiger partial charge in [0, 0.05) is 0 Å². The molecule has 0 fully saturated rings. The summed E-state index contributed by atoms with van der Waals surface area (Å²) in [6, 6.07) is 9.64. The van der Waals surface area contributed by atoms with Crippen LogP contribution < -0.4 is 5.32 Å². The van der Waals surface area contributed by atoms with Crippen molar-refractivity contribution in [1.82, 2.24) is 0 Å². The minimum atomic E-state index is -0.687. The number of nitrogens with one attached hydrogen (secondary N) is 1. The Labute approximate surface area is 110 Å². The number of rotatable bonds is 2. The van der Waals surface area contributed by atoms with Gasteiger partial charge in [-0.2, -0.15) is 5.26 Å². The van der Waals surface area contributed by atoms with Gasteiger partial charge in [0.2, 0.25) is 0 Å². The van der Waals surface area contributed by atoms with Crippen LogP contribution in [0.25, 0.3) is 0 Å². The van der Waals surface area contributed by atoms with E-state index in [0.717, 1.165) is 5.56 Å². The lowest BCUT2D eigenvalue weighted by Gasteiger charge is -2.12. The van der Waals surface area contributed by atoms with Crippen molar-refractivity contribution < 1.29 is 8.78 Å². The fourth-order valence-electron chi connectivity index (χ4n) is 1.77. The Bertz CT molecular complexity index is 673. The lowest BCUT2D eigenvalue weighted by Crippen LogP contribution is -2.01. The molecule has 0 aliphatic carbocycles. The monoisotopic (exact) mass is 258 g/mol. The average molecular weight is 258 g/mol. The van der Waals surface area contributed by atoms with E-state index in [1.54, 1.807) is 25.1 Å². The normalized spacial score (nSPS) is 10.1. The Balaban J connectivity index is 2.48. The van der Waals surface area contributed by atoms with Gasteiger partial charge in [-0.25, -0.2) is 8.78 Å². The topological polar surface area (TPSA) is 35.8 Å². The van der Waals surface area contributed by atoms with Crippen molar-refractivity contribution in [3.05, 3.63) is 58.7 Å². The highest BCUT2D eigenvalue weighted by molar-refractivity contribution is 5.68. The zero-order chi connectivity index (χ0) is 14.0. The molecule has 19 heavy (non-hydrogen) atoms. The van der Waals surface area contributed by atoms with Crippen molar-refractivity contribution in [3.63, 3.8) is 0 Å². The van der Waals surface area contributed by atoms with E-state index in [1.165, 1.54) is 12.1 Å². The molecule has 1 N–H and O–H groups in total. The predicted molar refractivity (Wildman–Crippen MR) is 70.3 cm³/mol. The van der Waals surface area contributed by atoms with E-state index in [1.807, 2.05) is 13.0 Å². The van der Waals surface area contributed by atoms with Crippen LogP contribution >= 0.6 is 0 Å². The molecule has 0 radical (unpaired) electrons. The Morgan fingerprint density at radius 3 is 2.53 bits per heavy atom. The van der Waals surface area contributed by atoms with Crippen molar-refractivity contribution in [2.45, 2.75) is 13.8 Å². The summed E-state index contributed by atoms with van der Waals surface area (Å²) in [5, 5.41) is 11.7. The van der Waals surface area contributed by atoms with Crippen LogP contribution in [-0.4, -0.2) is 0 Å². The zero-order valence-electron chi connectivity index (χ0n) is 10.6. The summed E-state index contributed by atoms with van der Waals surface area (Å²) in [6.45, 7) is 3.40. The van der Waals surface area contributed by atoms with Crippen molar-refractivity contribution in [3.8, 4) is 6.07 Å². The number of hydrogen-bond donors (Lipinski definition) is 1. The zero-order valence-corrected chi connectivity index (χ0v) is 10.6. The minimum Gasteiger partial charge on any atom is -0.350 e. The molecule has 0 heterocycles. The van der Waals surface area contributed by atoms with Crippen LogP contribution in [0.4, 0.5) is 20.2 Å². The van der Waals surface area contributed by atoms with Crippen molar-refractivity contribution >= 4 is 11.4 Å².